The summed E-state index contributed by atoms with van der Waals surface area (Å²) < 4.78 is 0. The van der Waals surface area contributed by atoms with Gasteiger partial charge in [-0.3, -0.25) is 4.98 Å². The number of nitrogens with zero attached hydrogens (tertiary/aromatic N) is 3. The Hall–Kier alpha value is -1.78. The first-order valence-corrected chi connectivity index (χ1v) is 5.18. The molecule has 88 valence electrons. The van der Waals surface area contributed by atoms with E-state index in [4.69, 9.17) is 10.9 Å². The van der Waals surface area contributed by atoms with Gasteiger partial charge in [-0.05, 0) is 26.8 Å². The first kappa shape index (κ1) is 12.3. The fourth-order valence-corrected chi connectivity index (χ4v) is 1.65. The number of rotatable bonds is 3. The third-order valence-corrected chi connectivity index (χ3v) is 2.56. The molecule has 1 aromatic rings. The second-order valence-corrected chi connectivity index (χ2v) is 3.74. The first-order valence-electron chi connectivity index (χ1n) is 5.18. The largest absolute Gasteiger partial charge is 0.409 e. The summed E-state index contributed by atoms with van der Waals surface area (Å²) >= 11 is 0. The second kappa shape index (κ2) is 4.83. The average Bonchev–Trinajstić information content (AvgIpc) is 2.26. The van der Waals surface area contributed by atoms with Gasteiger partial charge in [-0.15, -0.1) is 0 Å². The highest BCUT2D eigenvalue weighted by Gasteiger charge is 2.14. The molecule has 0 amide bonds. The average molecular weight is 222 g/mol. The summed E-state index contributed by atoms with van der Waals surface area (Å²) in [5.74, 6) is 0.0975. The Balaban J connectivity index is 3.44. The number of nitrogens with two attached hydrogens (primary N) is 1. The van der Waals surface area contributed by atoms with Crippen LogP contribution in [0.15, 0.2) is 11.2 Å². The van der Waals surface area contributed by atoms with Crippen molar-refractivity contribution in [3.8, 4) is 0 Å². The van der Waals surface area contributed by atoms with E-state index in [0.29, 0.717) is 5.56 Å². The van der Waals surface area contributed by atoms with Crippen molar-refractivity contribution in [2.24, 2.45) is 10.9 Å². The van der Waals surface area contributed by atoms with E-state index in [-0.39, 0.29) is 5.84 Å². The lowest BCUT2D eigenvalue weighted by atomic mass is 10.1. The molecule has 5 heteroatoms. The predicted molar refractivity (Wildman–Crippen MR) is 65.2 cm³/mol. The maximum Gasteiger partial charge on any atom is 0.174 e. The van der Waals surface area contributed by atoms with Crippen molar-refractivity contribution in [3.05, 3.63) is 23.0 Å². The number of aromatic nitrogens is 1. The zero-order valence-corrected chi connectivity index (χ0v) is 10.2. The van der Waals surface area contributed by atoms with E-state index in [9.17, 15) is 0 Å². The summed E-state index contributed by atoms with van der Waals surface area (Å²) in [7, 11) is 1.96. The van der Waals surface area contributed by atoms with Crippen molar-refractivity contribution < 1.29 is 5.21 Å². The molecule has 0 spiro atoms. The zero-order valence-electron chi connectivity index (χ0n) is 10.2. The van der Waals surface area contributed by atoms with Gasteiger partial charge in [-0.25, -0.2) is 0 Å². The Morgan fingerprint density at radius 3 is 2.69 bits per heavy atom. The van der Waals surface area contributed by atoms with Crippen LogP contribution in [-0.4, -0.2) is 29.6 Å². The van der Waals surface area contributed by atoms with Crippen LogP contribution in [0.25, 0.3) is 0 Å². The highest BCUT2D eigenvalue weighted by Crippen LogP contribution is 2.22. The number of anilines is 1. The van der Waals surface area contributed by atoms with Crippen molar-refractivity contribution in [2.45, 2.75) is 20.8 Å². The van der Waals surface area contributed by atoms with Crippen LogP contribution in [0.1, 0.15) is 23.9 Å². The molecule has 0 aliphatic rings. The van der Waals surface area contributed by atoms with Gasteiger partial charge in [0.1, 0.15) is 0 Å². The van der Waals surface area contributed by atoms with Crippen LogP contribution >= 0.6 is 0 Å². The normalized spacial score (nSPS) is 11.6. The fraction of sp³-hybridized carbons (Fsp3) is 0.455. The number of hydrogen-bond donors (Lipinski definition) is 2. The highest BCUT2D eigenvalue weighted by molar-refractivity contribution is 6.03. The van der Waals surface area contributed by atoms with Gasteiger partial charge in [-0.2, -0.15) is 0 Å². The lowest BCUT2D eigenvalue weighted by molar-refractivity contribution is 0.318. The van der Waals surface area contributed by atoms with Crippen LogP contribution in [-0.2, 0) is 0 Å². The van der Waals surface area contributed by atoms with E-state index in [1.807, 2.05) is 38.8 Å². The minimum atomic E-state index is 0.0975. The van der Waals surface area contributed by atoms with Gasteiger partial charge in [0.25, 0.3) is 0 Å². The lowest BCUT2D eigenvalue weighted by Crippen LogP contribution is -2.24. The van der Waals surface area contributed by atoms with Gasteiger partial charge in [0.05, 0.1) is 16.9 Å². The van der Waals surface area contributed by atoms with Gasteiger partial charge < -0.3 is 15.8 Å². The molecule has 5 nitrogen and oxygen atoms in total. The van der Waals surface area contributed by atoms with E-state index in [1.54, 1.807) is 0 Å². The number of hydrogen-bond acceptors (Lipinski definition) is 4. The molecule has 0 aliphatic carbocycles. The SMILES string of the molecule is CCN(C)c1cc(C)nc(C)c1/C(N)=N/O. The molecular weight excluding hydrogens is 204 g/mol. The number of pyridine rings is 1. The third-order valence-electron chi connectivity index (χ3n) is 2.56. The van der Waals surface area contributed by atoms with E-state index in [0.717, 1.165) is 23.6 Å². The van der Waals surface area contributed by atoms with Gasteiger partial charge in [0.2, 0.25) is 0 Å². The summed E-state index contributed by atoms with van der Waals surface area (Å²) in [6.07, 6.45) is 0. The maximum atomic E-state index is 8.78. The summed E-state index contributed by atoms with van der Waals surface area (Å²) in [5.41, 5.74) is 8.98. The zero-order chi connectivity index (χ0) is 12.3. The van der Waals surface area contributed by atoms with Crippen molar-refractivity contribution >= 4 is 11.5 Å². The molecule has 3 N–H and O–H groups in total. The quantitative estimate of drug-likeness (QED) is 0.349. The monoisotopic (exact) mass is 222 g/mol. The first-order chi connectivity index (χ1) is 7.51. The highest BCUT2D eigenvalue weighted by atomic mass is 16.4. The lowest BCUT2D eigenvalue weighted by Gasteiger charge is -2.21. The van der Waals surface area contributed by atoms with Gasteiger partial charge >= 0.3 is 0 Å². The molecular formula is C11H18N4O. The maximum absolute atomic E-state index is 8.78. The number of amidine groups is 1. The van der Waals surface area contributed by atoms with Crippen molar-refractivity contribution in [1.82, 2.24) is 4.98 Å². The van der Waals surface area contributed by atoms with Crippen molar-refractivity contribution in [2.75, 3.05) is 18.5 Å². The molecule has 1 rings (SSSR count). The minimum absolute atomic E-state index is 0.0975. The van der Waals surface area contributed by atoms with Crippen molar-refractivity contribution in [1.29, 1.82) is 0 Å². The van der Waals surface area contributed by atoms with Crippen LogP contribution < -0.4 is 10.6 Å². The Labute approximate surface area is 95.6 Å². The molecule has 0 fully saturated rings. The molecule has 1 heterocycles. The molecule has 0 bridgehead atoms. The van der Waals surface area contributed by atoms with Gasteiger partial charge in [0, 0.05) is 19.3 Å². The van der Waals surface area contributed by atoms with E-state index >= 15 is 0 Å². The Bertz CT molecular complexity index is 415. The van der Waals surface area contributed by atoms with E-state index in [2.05, 4.69) is 10.1 Å². The molecule has 0 unspecified atom stereocenters. The summed E-state index contributed by atoms with van der Waals surface area (Å²) in [6, 6.07) is 1.93. The Morgan fingerprint density at radius 2 is 2.19 bits per heavy atom. The van der Waals surface area contributed by atoms with E-state index < -0.39 is 0 Å². The van der Waals surface area contributed by atoms with Crippen LogP contribution in [0.3, 0.4) is 0 Å². The number of oxime groups is 1. The second-order valence-electron chi connectivity index (χ2n) is 3.74. The van der Waals surface area contributed by atoms with E-state index in [1.165, 1.54) is 0 Å². The fourth-order valence-electron chi connectivity index (χ4n) is 1.65. The topological polar surface area (TPSA) is 74.7 Å². The van der Waals surface area contributed by atoms with Gasteiger partial charge in [0.15, 0.2) is 5.84 Å². The number of aryl methyl sites for hydroxylation is 2. The van der Waals surface area contributed by atoms with Crippen molar-refractivity contribution in [3.63, 3.8) is 0 Å². The standard InChI is InChI=1S/C11H18N4O/c1-5-15(4)9-6-7(2)13-8(3)10(9)11(12)14-16/h6,16H,5H2,1-4H3,(H2,12,14). The molecule has 0 aliphatic heterocycles. The van der Waals surface area contributed by atoms with Crippen LogP contribution in [0.4, 0.5) is 5.69 Å². The molecule has 0 aromatic carbocycles. The Morgan fingerprint density at radius 1 is 1.56 bits per heavy atom. The smallest absolute Gasteiger partial charge is 0.174 e. The van der Waals surface area contributed by atoms with Crippen LogP contribution in [0.5, 0.6) is 0 Å². The van der Waals surface area contributed by atoms with Gasteiger partial charge in [-0.1, -0.05) is 5.16 Å². The Kier molecular flexibility index (Phi) is 3.71. The summed E-state index contributed by atoms with van der Waals surface area (Å²) in [6.45, 7) is 6.67. The van der Waals surface area contributed by atoms with Crippen LogP contribution in [0, 0.1) is 13.8 Å². The molecule has 0 atom stereocenters. The molecule has 0 saturated carbocycles. The molecule has 0 radical (unpaired) electrons. The summed E-state index contributed by atoms with van der Waals surface area (Å²) in [4.78, 5) is 6.36. The molecule has 1 aromatic heterocycles. The predicted octanol–water partition coefficient (Wildman–Crippen LogP) is 1.25. The third kappa shape index (κ3) is 2.24. The molecule has 16 heavy (non-hydrogen) atoms. The molecule has 0 saturated heterocycles. The van der Waals surface area contributed by atoms with Crippen LogP contribution in [0.2, 0.25) is 0 Å². The summed E-state index contributed by atoms with van der Waals surface area (Å²) in [5, 5.41) is 11.8. The minimum Gasteiger partial charge on any atom is -0.409 e.